The number of nitrogens with zero attached hydrogens (tertiary/aromatic N) is 1. The number of non-ortho nitro benzene ring substituents is 1. The lowest BCUT2D eigenvalue weighted by Gasteiger charge is -2.03. The van der Waals surface area contributed by atoms with E-state index in [1.165, 1.54) is 18.2 Å². The first kappa shape index (κ1) is 19.5. The van der Waals surface area contributed by atoms with E-state index in [4.69, 9.17) is 25.5 Å². The molecule has 0 amide bonds. The summed E-state index contributed by atoms with van der Waals surface area (Å²) in [6.07, 6.45) is 3.19. The highest BCUT2D eigenvalue weighted by molar-refractivity contribution is 6.33. The van der Waals surface area contributed by atoms with Crippen LogP contribution in [-0.2, 0) is 9.53 Å². The lowest BCUT2D eigenvalue weighted by molar-refractivity contribution is -0.384. The van der Waals surface area contributed by atoms with E-state index < -0.39 is 10.9 Å². The Kier molecular flexibility index (Phi) is 5.12. The van der Waals surface area contributed by atoms with E-state index in [2.05, 4.69) is 0 Å². The third kappa shape index (κ3) is 3.83. The second-order valence-corrected chi connectivity index (χ2v) is 6.76. The number of hydrogen-bond acceptors (Lipinski definition) is 6. The molecule has 0 saturated carbocycles. The average Bonchev–Trinajstić information content (AvgIpc) is 3.35. The molecule has 1 aromatic heterocycles. The summed E-state index contributed by atoms with van der Waals surface area (Å²) < 4.78 is 16.2. The van der Waals surface area contributed by atoms with E-state index in [0.717, 1.165) is 5.56 Å². The summed E-state index contributed by atoms with van der Waals surface area (Å²) >= 11 is 6.15. The quantitative estimate of drug-likeness (QED) is 0.233. The second-order valence-electron chi connectivity index (χ2n) is 6.35. The smallest absolute Gasteiger partial charge is 0.343 e. The number of ether oxygens (including phenoxy) is 2. The number of nitro groups is 1. The number of carbonyl (C=O) groups is 1. The number of esters is 1. The van der Waals surface area contributed by atoms with Crippen LogP contribution in [-0.4, -0.2) is 18.0 Å². The first-order valence-electron chi connectivity index (χ1n) is 8.79. The van der Waals surface area contributed by atoms with Crippen LogP contribution < -0.4 is 4.74 Å². The van der Waals surface area contributed by atoms with Crippen molar-refractivity contribution in [1.82, 2.24) is 0 Å². The van der Waals surface area contributed by atoms with Crippen molar-refractivity contribution in [2.45, 2.75) is 0 Å². The Morgan fingerprint density at radius 3 is 2.53 bits per heavy atom. The molecule has 4 rings (SSSR count). The normalized spacial score (nSPS) is 14.5. The highest BCUT2D eigenvalue weighted by Crippen LogP contribution is 2.34. The number of cyclic esters (lactones) is 1. The molecule has 0 spiro atoms. The molecule has 3 aromatic rings. The van der Waals surface area contributed by atoms with E-state index in [1.807, 2.05) is 0 Å². The van der Waals surface area contributed by atoms with Gasteiger partial charge < -0.3 is 13.9 Å². The summed E-state index contributed by atoms with van der Waals surface area (Å²) in [6.45, 7) is 0. The molecule has 2 heterocycles. The van der Waals surface area contributed by atoms with Gasteiger partial charge in [0.25, 0.3) is 5.69 Å². The van der Waals surface area contributed by atoms with Gasteiger partial charge in [-0.1, -0.05) is 11.6 Å². The van der Waals surface area contributed by atoms with Gasteiger partial charge in [0.1, 0.15) is 23.0 Å². The van der Waals surface area contributed by atoms with Gasteiger partial charge in [-0.05, 0) is 54.6 Å². The molecule has 0 bridgehead atoms. The third-order valence-electron chi connectivity index (χ3n) is 4.45. The molecule has 0 atom stereocenters. The van der Waals surface area contributed by atoms with Crippen molar-refractivity contribution in [3.63, 3.8) is 0 Å². The molecule has 2 aromatic carbocycles. The standard InChI is InChI=1S/C22H14ClNO6/c1-28-16-5-2-13(3-6-16)21-11-14(22(25)30-21)10-17-7-9-20(29-17)18-8-4-15(24(26)27)12-19(18)23/h2-12H,1H3/b14-10-. The van der Waals surface area contributed by atoms with Crippen LogP contribution in [0.15, 0.2) is 70.7 Å². The van der Waals surface area contributed by atoms with Crippen LogP contribution in [0.5, 0.6) is 5.75 Å². The Morgan fingerprint density at radius 2 is 1.87 bits per heavy atom. The predicted molar refractivity (Wildman–Crippen MR) is 111 cm³/mol. The molecule has 0 aliphatic carbocycles. The summed E-state index contributed by atoms with van der Waals surface area (Å²) in [4.78, 5) is 22.6. The lowest BCUT2D eigenvalue weighted by Crippen LogP contribution is -1.97. The molecule has 0 saturated heterocycles. The van der Waals surface area contributed by atoms with Crippen LogP contribution in [0.2, 0.25) is 5.02 Å². The van der Waals surface area contributed by atoms with Gasteiger partial charge in [0.2, 0.25) is 0 Å². The highest BCUT2D eigenvalue weighted by atomic mass is 35.5. The van der Waals surface area contributed by atoms with E-state index in [9.17, 15) is 14.9 Å². The first-order chi connectivity index (χ1) is 14.4. The van der Waals surface area contributed by atoms with Gasteiger partial charge in [-0.25, -0.2) is 4.79 Å². The van der Waals surface area contributed by atoms with Crippen LogP contribution in [0.3, 0.4) is 0 Å². The van der Waals surface area contributed by atoms with Crippen molar-refractivity contribution < 1.29 is 23.6 Å². The molecular formula is C22H14ClNO6. The van der Waals surface area contributed by atoms with Crippen molar-refractivity contribution in [3.05, 3.63) is 92.7 Å². The van der Waals surface area contributed by atoms with Gasteiger partial charge in [0.05, 0.1) is 22.6 Å². The Hall–Kier alpha value is -3.84. The maximum atomic E-state index is 12.2. The largest absolute Gasteiger partial charge is 0.497 e. The SMILES string of the molecule is COc1ccc(C2=C/C(=C/c3ccc(-c4ccc([N+](=O)[O-])cc4Cl)o3)C(=O)O2)cc1. The second kappa shape index (κ2) is 7.88. The van der Waals surface area contributed by atoms with E-state index >= 15 is 0 Å². The number of furan rings is 1. The zero-order chi connectivity index (χ0) is 21.3. The van der Waals surface area contributed by atoms with E-state index in [-0.39, 0.29) is 10.7 Å². The fraction of sp³-hybridized carbons (Fsp3) is 0.0455. The molecule has 7 nitrogen and oxygen atoms in total. The van der Waals surface area contributed by atoms with Gasteiger partial charge in [0.15, 0.2) is 0 Å². The molecule has 0 unspecified atom stereocenters. The number of methoxy groups -OCH3 is 1. The van der Waals surface area contributed by atoms with Gasteiger partial charge >= 0.3 is 5.97 Å². The third-order valence-corrected chi connectivity index (χ3v) is 4.77. The minimum absolute atomic E-state index is 0.109. The van der Waals surface area contributed by atoms with Crippen molar-refractivity contribution in [1.29, 1.82) is 0 Å². The fourth-order valence-electron chi connectivity index (χ4n) is 2.93. The number of halogens is 1. The van der Waals surface area contributed by atoms with Crippen molar-refractivity contribution >= 4 is 35.1 Å². The molecular weight excluding hydrogens is 410 g/mol. The van der Waals surface area contributed by atoms with Crippen LogP contribution in [0.25, 0.3) is 23.2 Å². The summed E-state index contributed by atoms with van der Waals surface area (Å²) in [6, 6.07) is 14.6. The molecule has 0 N–H and O–H groups in total. The fourth-order valence-corrected chi connectivity index (χ4v) is 3.20. The number of hydrogen-bond donors (Lipinski definition) is 0. The van der Waals surface area contributed by atoms with Crippen LogP contribution in [0.1, 0.15) is 11.3 Å². The zero-order valence-electron chi connectivity index (χ0n) is 15.6. The van der Waals surface area contributed by atoms with Gasteiger partial charge in [0, 0.05) is 23.3 Å². The monoisotopic (exact) mass is 423 g/mol. The molecule has 0 radical (unpaired) electrons. The van der Waals surface area contributed by atoms with Crippen molar-refractivity contribution in [2.75, 3.05) is 7.11 Å². The van der Waals surface area contributed by atoms with Gasteiger partial charge in [-0.15, -0.1) is 0 Å². The maximum absolute atomic E-state index is 12.2. The molecule has 1 aliphatic rings. The Morgan fingerprint density at radius 1 is 1.10 bits per heavy atom. The van der Waals surface area contributed by atoms with Crippen molar-refractivity contribution in [3.8, 4) is 17.1 Å². The number of carbonyl (C=O) groups excluding carboxylic acids is 1. The summed E-state index contributed by atoms with van der Waals surface area (Å²) in [7, 11) is 1.58. The summed E-state index contributed by atoms with van der Waals surface area (Å²) in [5.74, 6) is 1.48. The van der Waals surface area contributed by atoms with Gasteiger partial charge in [-0.2, -0.15) is 0 Å². The number of benzene rings is 2. The minimum atomic E-state index is -0.522. The topological polar surface area (TPSA) is 91.8 Å². The number of rotatable bonds is 5. The Balaban J connectivity index is 1.60. The van der Waals surface area contributed by atoms with Crippen LogP contribution in [0, 0.1) is 10.1 Å². The summed E-state index contributed by atoms with van der Waals surface area (Å²) in [5, 5.41) is 11.0. The number of nitro benzene ring substituents is 1. The predicted octanol–water partition coefficient (Wildman–Crippen LogP) is 5.50. The minimum Gasteiger partial charge on any atom is -0.497 e. The Labute approximate surface area is 175 Å². The van der Waals surface area contributed by atoms with Crippen LogP contribution >= 0.6 is 11.6 Å². The lowest BCUT2D eigenvalue weighted by atomic mass is 10.1. The van der Waals surface area contributed by atoms with Crippen molar-refractivity contribution in [2.24, 2.45) is 0 Å². The molecule has 1 aliphatic heterocycles. The molecule has 30 heavy (non-hydrogen) atoms. The van der Waals surface area contributed by atoms with Gasteiger partial charge in [-0.3, -0.25) is 10.1 Å². The molecule has 150 valence electrons. The van der Waals surface area contributed by atoms with Crippen LogP contribution in [0.4, 0.5) is 5.69 Å². The zero-order valence-corrected chi connectivity index (χ0v) is 16.4. The average molecular weight is 424 g/mol. The molecule has 0 fully saturated rings. The Bertz CT molecular complexity index is 1210. The highest BCUT2D eigenvalue weighted by Gasteiger charge is 2.23. The van der Waals surface area contributed by atoms with E-state index in [0.29, 0.717) is 34.2 Å². The maximum Gasteiger partial charge on any atom is 0.343 e. The van der Waals surface area contributed by atoms with E-state index in [1.54, 1.807) is 55.7 Å². The first-order valence-corrected chi connectivity index (χ1v) is 9.16. The molecule has 8 heteroatoms. The summed E-state index contributed by atoms with van der Waals surface area (Å²) in [5.41, 5.74) is 1.47.